The van der Waals surface area contributed by atoms with Gasteiger partial charge in [-0.15, -0.1) is 0 Å². The van der Waals surface area contributed by atoms with Crippen molar-refractivity contribution in [1.29, 1.82) is 0 Å². The van der Waals surface area contributed by atoms with Crippen LogP contribution in [0.1, 0.15) is 31.0 Å². The molecule has 11 heteroatoms. The van der Waals surface area contributed by atoms with Crippen LogP contribution in [0, 0.1) is 5.82 Å². The fourth-order valence-corrected chi connectivity index (χ4v) is 3.02. The van der Waals surface area contributed by atoms with E-state index in [0.29, 0.717) is 22.5 Å². The highest BCUT2D eigenvalue weighted by Gasteiger charge is 2.23. The lowest BCUT2D eigenvalue weighted by Gasteiger charge is -2.21. The molecule has 0 fully saturated rings. The Morgan fingerprint density at radius 2 is 1.85 bits per heavy atom. The number of aromatic nitrogens is 2. The Balaban J connectivity index is 2.75. The van der Waals surface area contributed by atoms with E-state index in [1.165, 1.54) is 31.3 Å². The lowest BCUT2D eigenvalue weighted by atomic mass is 9.99. The van der Waals surface area contributed by atoms with E-state index in [4.69, 9.17) is 9.42 Å². The van der Waals surface area contributed by atoms with Gasteiger partial charge in [-0.3, -0.25) is 4.57 Å². The summed E-state index contributed by atoms with van der Waals surface area (Å²) >= 11 is 0. The summed E-state index contributed by atoms with van der Waals surface area (Å²) in [5.74, 6) is -0.650. The highest BCUT2D eigenvalue weighted by Crippen LogP contribution is 2.32. The van der Waals surface area contributed by atoms with Crippen molar-refractivity contribution in [3.05, 3.63) is 41.3 Å². The predicted octanol–water partition coefficient (Wildman–Crippen LogP) is 2.70. The van der Waals surface area contributed by atoms with Gasteiger partial charge in [0, 0.05) is 18.2 Å². The summed E-state index contributed by atoms with van der Waals surface area (Å²) in [5, 5.41) is 0. The van der Waals surface area contributed by atoms with E-state index in [0.717, 1.165) is 10.6 Å². The zero-order valence-corrected chi connectivity index (χ0v) is 17.1. The first-order valence-corrected chi connectivity index (χ1v) is 11.1. The van der Waals surface area contributed by atoms with Crippen LogP contribution in [0.15, 0.2) is 24.3 Å². The lowest BCUT2D eigenvalue weighted by Crippen LogP contribution is -2.28. The minimum atomic E-state index is -3.61. The molecule has 2 aromatic rings. The Kier molecular flexibility index (Phi) is 6.69. The molecule has 0 amide bonds. The van der Waals surface area contributed by atoms with Crippen molar-refractivity contribution in [2.24, 2.45) is 0 Å². The number of benzene rings is 1. The molecule has 0 saturated carbocycles. The molecule has 148 valence electrons. The van der Waals surface area contributed by atoms with Gasteiger partial charge in [0.15, 0.2) is 0 Å². The number of nitrogens with zero attached hydrogens (tertiary/aromatic N) is 3. The molecule has 8 nitrogen and oxygen atoms in total. The van der Waals surface area contributed by atoms with E-state index in [1.807, 2.05) is 13.8 Å². The Hall–Kier alpha value is -1.87. The number of sulfonamides is 1. The van der Waals surface area contributed by atoms with Crippen LogP contribution >= 0.6 is 8.25 Å². The minimum Gasteiger partial charge on any atom is -0.326 e. The van der Waals surface area contributed by atoms with Crippen molar-refractivity contribution in [3.8, 4) is 11.3 Å². The molecule has 1 N–H and O–H groups in total. The van der Waals surface area contributed by atoms with Crippen LogP contribution < -0.4 is 4.31 Å². The van der Waals surface area contributed by atoms with Crippen molar-refractivity contribution < 1.29 is 26.8 Å². The third-order valence-corrected chi connectivity index (χ3v) is 5.36. The highest BCUT2D eigenvalue weighted by molar-refractivity contribution is 7.92. The first-order chi connectivity index (χ1) is 12.5. The van der Waals surface area contributed by atoms with Gasteiger partial charge in [-0.1, -0.05) is 13.8 Å². The van der Waals surface area contributed by atoms with E-state index in [1.54, 1.807) is 0 Å². The Bertz CT molecular complexity index is 951. The quantitative estimate of drug-likeness (QED) is 0.690. The Labute approximate surface area is 158 Å². The zero-order valence-electron chi connectivity index (χ0n) is 15.3. The summed E-state index contributed by atoms with van der Waals surface area (Å²) in [4.78, 5) is 17.7. The van der Waals surface area contributed by atoms with Crippen molar-refractivity contribution in [2.75, 3.05) is 17.6 Å². The van der Waals surface area contributed by atoms with Gasteiger partial charge in [-0.2, -0.15) is 0 Å². The van der Waals surface area contributed by atoms with Crippen LogP contribution in [0.2, 0.25) is 0 Å². The number of anilines is 1. The molecule has 0 aliphatic rings. The summed E-state index contributed by atoms with van der Waals surface area (Å²) in [6.07, 6.45) is 1.03. The standard InChI is InChI=1S/C16H21FN3O5PS/c1-10(2)14-13(9-25-26(21)22)15(11-5-7-12(17)8-6-11)19-16(18-14)20(3)27(4,23)24/h5-8,10,26H,9H2,1-4H3,(H,21,22). The van der Waals surface area contributed by atoms with Gasteiger partial charge in [0.1, 0.15) is 5.82 Å². The summed E-state index contributed by atoms with van der Waals surface area (Å²) < 4.78 is 54.0. The predicted molar refractivity (Wildman–Crippen MR) is 101 cm³/mol. The average molecular weight is 417 g/mol. The molecule has 0 saturated heterocycles. The highest BCUT2D eigenvalue weighted by atomic mass is 32.2. The smallest absolute Gasteiger partial charge is 0.316 e. The SMILES string of the molecule is CC(C)c1nc(N(C)S(C)(=O)=O)nc(-c2ccc(F)cc2)c1CO[PH](=O)O. The van der Waals surface area contributed by atoms with Crippen LogP contribution in [0.5, 0.6) is 0 Å². The number of rotatable bonds is 7. The minimum absolute atomic E-state index is 0.0547. The second-order valence-corrected chi connectivity index (χ2v) is 9.02. The molecule has 0 bridgehead atoms. The lowest BCUT2D eigenvalue weighted by molar-refractivity contribution is 0.271. The molecule has 0 aliphatic heterocycles. The maximum atomic E-state index is 13.3. The summed E-state index contributed by atoms with van der Waals surface area (Å²) in [6.45, 7) is 3.44. The van der Waals surface area contributed by atoms with Crippen molar-refractivity contribution in [3.63, 3.8) is 0 Å². The molecule has 0 aliphatic carbocycles. The van der Waals surface area contributed by atoms with Crippen LogP contribution in [0.4, 0.5) is 10.3 Å². The van der Waals surface area contributed by atoms with Crippen molar-refractivity contribution in [2.45, 2.75) is 26.4 Å². The normalized spacial score (nSPS) is 13.0. The Morgan fingerprint density at radius 3 is 2.33 bits per heavy atom. The summed E-state index contributed by atoms with van der Waals surface area (Å²) in [6, 6.07) is 5.45. The fraction of sp³-hybridized carbons (Fsp3) is 0.375. The molecular weight excluding hydrogens is 396 g/mol. The molecule has 1 aromatic carbocycles. The molecule has 1 unspecified atom stereocenters. The molecule has 1 heterocycles. The maximum Gasteiger partial charge on any atom is 0.316 e. The molecule has 27 heavy (non-hydrogen) atoms. The zero-order chi connectivity index (χ0) is 20.4. The topological polar surface area (TPSA) is 110 Å². The van der Waals surface area contributed by atoms with Gasteiger partial charge in [-0.05, 0) is 30.2 Å². The van der Waals surface area contributed by atoms with Crippen LogP contribution in [-0.4, -0.2) is 36.6 Å². The molecule has 0 spiro atoms. The van der Waals surface area contributed by atoms with Crippen molar-refractivity contribution >= 4 is 24.2 Å². The number of hydrogen-bond acceptors (Lipinski definition) is 6. The third-order valence-electron chi connectivity index (χ3n) is 3.81. The van der Waals surface area contributed by atoms with E-state index >= 15 is 0 Å². The largest absolute Gasteiger partial charge is 0.326 e. The monoisotopic (exact) mass is 417 g/mol. The Morgan fingerprint density at radius 1 is 1.26 bits per heavy atom. The van der Waals surface area contributed by atoms with E-state index in [-0.39, 0.29) is 18.5 Å². The second-order valence-electron chi connectivity index (χ2n) is 6.18. The molecule has 1 atom stereocenters. The van der Waals surface area contributed by atoms with Crippen molar-refractivity contribution in [1.82, 2.24) is 9.97 Å². The first-order valence-electron chi connectivity index (χ1n) is 7.97. The summed E-state index contributed by atoms with van der Waals surface area (Å²) in [5.41, 5.74) is 1.72. The van der Waals surface area contributed by atoms with Crippen LogP contribution in [0.3, 0.4) is 0 Å². The van der Waals surface area contributed by atoms with Gasteiger partial charge in [0.05, 0.1) is 24.3 Å². The second kappa shape index (κ2) is 8.43. The van der Waals surface area contributed by atoms with E-state index in [9.17, 15) is 17.4 Å². The molecule has 0 radical (unpaired) electrons. The van der Waals surface area contributed by atoms with Gasteiger partial charge < -0.3 is 9.42 Å². The third kappa shape index (κ3) is 5.32. The molecule has 2 rings (SSSR count). The number of halogens is 1. The average Bonchev–Trinajstić information content (AvgIpc) is 2.58. The van der Waals surface area contributed by atoms with E-state index in [2.05, 4.69) is 9.97 Å². The van der Waals surface area contributed by atoms with Gasteiger partial charge in [-0.25, -0.2) is 27.1 Å². The molecule has 1 aromatic heterocycles. The van der Waals surface area contributed by atoms with Crippen LogP contribution in [-0.2, 0) is 25.7 Å². The summed E-state index contributed by atoms with van der Waals surface area (Å²) in [7, 11) is -5.48. The van der Waals surface area contributed by atoms with Gasteiger partial charge >= 0.3 is 8.25 Å². The van der Waals surface area contributed by atoms with E-state index < -0.39 is 24.1 Å². The van der Waals surface area contributed by atoms with Gasteiger partial charge in [0.2, 0.25) is 16.0 Å². The van der Waals surface area contributed by atoms with Crippen LogP contribution in [0.25, 0.3) is 11.3 Å². The molecular formula is C16H21FN3O5PS. The maximum absolute atomic E-state index is 13.3. The first kappa shape index (κ1) is 21.4. The fourth-order valence-electron chi connectivity index (χ4n) is 2.38. The van der Waals surface area contributed by atoms with Gasteiger partial charge in [0.25, 0.3) is 0 Å². The number of hydrogen-bond donors (Lipinski definition) is 1.